The van der Waals surface area contributed by atoms with Gasteiger partial charge in [-0.3, -0.25) is 0 Å². The highest BCUT2D eigenvalue weighted by molar-refractivity contribution is 6.11. The molecule has 0 bridgehead atoms. The van der Waals surface area contributed by atoms with Crippen LogP contribution in [0.25, 0.3) is 0 Å². The van der Waals surface area contributed by atoms with Crippen molar-refractivity contribution in [3.63, 3.8) is 0 Å². The first-order valence-electron chi connectivity index (χ1n) is 6.54. The summed E-state index contributed by atoms with van der Waals surface area (Å²) in [6.07, 6.45) is 4.03. The highest BCUT2D eigenvalue weighted by Gasteiger charge is 2.29. The summed E-state index contributed by atoms with van der Waals surface area (Å²) in [4.78, 5) is 0. The molecule has 0 radical (unpaired) electrons. The number of hydrogen-bond donors (Lipinski definition) is 0. The molecule has 0 spiro atoms. The lowest BCUT2D eigenvalue weighted by atomic mass is 9.66. The zero-order valence-electron chi connectivity index (χ0n) is 12.3. The first-order chi connectivity index (χ1) is 6.54. The van der Waals surface area contributed by atoms with Gasteiger partial charge in [0.05, 0.1) is 0 Å². The van der Waals surface area contributed by atoms with E-state index in [1.165, 1.54) is 19.3 Å². The van der Waals surface area contributed by atoms with Crippen LogP contribution < -0.4 is 0 Å². The Morgan fingerprint density at radius 1 is 0.867 bits per heavy atom. The molecule has 0 amide bonds. The largest absolute Gasteiger partial charge is 0.105 e. The van der Waals surface area contributed by atoms with Crippen molar-refractivity contribution in [3.05, 3.63) is 0 Å². The maximum Gasteiger partial charge on any atom is 0.105 e. The third kappa shape index (κ3) is 7.93. The van der Waals surface area contributed by atoms with Crippen LogP contribution in [0.1, 0.15) is 67.7 Å². The third-order valence-corrected chi connectivity index (χ3v) is 2.88. The van der Waals surface area contributed by atoms with E-state index in [1.54, 1.807) is 0 Å². The summed E-state index contributed by atoms with van der Waals surface area (Å²) in [6.45, 7) is 16.7. The standard InChI is InChI=1S/C14H31B/c1-11(2)8-13(4,5)10-14(6,7)9-12(3)15/h11-12H,8-10,15H2,1-7H3. The average Bonchev–Trinajstić information content (AvgIpc) is 1.73. The van der Waals surface area contributed by atoms with Crippen LogP contribution in [0.15, 0.2) is 0 Å². The Labute approximate surface area is 98.6 Å². The van der Waals surface area contributed by atoms with Gasteiger partial charge in [0.2, 0.25) is 0 Å². The molecule has 0 aromatic carbocycles. The van der Waals surface area contributed by atoms with Gasteiger partial charge in [-0.05, 0) is 29.6 Å². The van der Waals surface area contributed by atoms with Crippen LogP contribution in [0, 0.1) is 16.7 Å². The monoisotopic (exact) mass is 210 g/mol. The summed E-state index contributed by atoms with van der Waals surface area (Å²) >= 11 is 0. The summed E-state index contributed by atoms with van der Waals surface area (Å²) in [5.74, 6) is 1.63. The van der Waals surface area contributed by atoms with Gasteiger partial charge in [-0.25, -0.2) is 0 Å². The van der Waals surface area contributed by atoms with E-state index in [9.17, 15) is 0 Å². The van der Waals surface area contributed by atoms with Crippen LogP contribution in [0.4, 0.5) is 0 Å². The molecular formula is C14H31B. The van der Waals surface area contributed by atoms with Crippen molar-refractivity contribution in [2.75, 3.05) is 0 Å². The van der Waals surface area contributed by atoms with Crippen molar-refractivity contribution in [3.8, 4) is 0 Å². The second-order valence-corrected chi connectivity index (χ2v) is 7.70. The normalized spacial score (nSPS) is 15.7. The summed E-state index contributed by atoms with van der Waals surface area (Å²) in [6, 6.07) is 0. The molecule has 1 atom stereocenters. The van der Waals surface area contributed by atoms with Crippen LogP contribution in [-0.4, -0.2) is 7.85 Å². The van der Waals surface area contributed by atoms with Crippen LogP contribution in [0.2, 0.25) is 5.82 Å². The van der Waals surface area contributed by atoms with Gasteiger partial charge in [-0.15, -0.1) is 0 Å². The molecule has 0 aromatic rings. The van der Waals surface area contributed by atoms with Gasteiger partial charge in [0.15, 0.2) is 0 Å². The maximum atomic E-state index is 2.43. The van der Waals surface area contributed by atoms with Crippen molar-refractivity contribution < 1.29 is 0 Å². The first kappa shape index (κ1) is 15.1. The molecule has 0 fully saturated rings. The van der Waals surface area contributed by atoms with Gasteiger partial charge in [0, 0.05) is 0 Å². The second kappa shape index (κ2) is 5.41. The molecule has 0 heterocycles. The minimum Gasteiger partial charge on any atom is -0.0720 e. The lowest BCUT2D eigenvalue weighted by Gasteiger charge is -2.37. The van der Waals surface area contributed by atoms with Crippen LogP contribution >= 0.6 is 0 Å². The lowest BCUT2D eigenvalue weighted by Crippen LogP contribution is -2.25. The van der Waals surface area contributed by atoms with E-state index >= 15 is 0 Å². The zero-order chi connectivity index (χ0) is 12.3. The minimum atomic E-state index is 0.493. The fourth-order valence-electron chi connectivity index (χ4n) is 3.65. The predicted octanol–water partition coefficient (Wildman–Crippen LogP) is 4.31. The fraction of sp³-hybridized carbons (Fsp3) is 1.00. The second-order valence-electron chi connectivity index (χ2n) is 7.70. The SMILES string of the molecule is BC(C)CC(C)(C)CC(C)(C)CC(C)C. The third-order valence-electron chi connectivity index (χ3n) is 2.88. The van der Waals surface area contributed by atoms with E-state index in [0.717, 1.165) is 11.7 Å². The van der Waals surface area contributed by atoms with E-state index in [4.69, 9.17) is 0 Å². The Morgan fingerprint density at radius 3 is 1.60 bits per heavy atom. The number of rotatable bonds is 6. The Morgan fingerprint density at radius 2 is 1.27 bits per heavy atom. The Hall–Kier alpha value is 0.0649. The van der Waals surface area contributed by atoms with Crippen LogP contribution in [-0.2, 0) is 0 Å². The molecule has 0 aliphatic carbocycles. The van der Waals surface area contributed by atoms with Gasteiger partial charge in [-0.2, -0.15) is 0 Å². The smallest absolute Gasteiger partial charge is 0.0720 e. The molecule has 1 unspecified atom stereocenters. The quantitative estimate of drug-likeness (QED) is 0.573. The zero-order valence-corrected chi connectivity index (χ0v) is 12.3. The molecule has 0 saturated carbocycles. The average molecular weight is 210 g/mol. The van der Waals surface area contributed by atoms with Crippen molar-refractivity contribution in [1.29, 1.82) is 0 Å². The van der Waals surface area contributed by atoms with Gasteiger partial charge < -0.3 is 0 Å². The van der Waals surface area contributed by atoms with Gasteiger partial charge in [0.1, 0.15) is 7.85 Å². The fourth-order valence-corrected chi connectivity index (χ4v) is 3.65. The minimum absolute atomic E-state index is 0.493. The van der Waals surface area contributed by atoms with Crippen molar-refractivity contribution in [2.24, 2.45) is 16.7 Å². The van der Waals surface area contributed by atoms with E-state index < -0.39 is 0 Å². The van der Waals surface area contributed by atoms with Gasteiger partial charge in [-0.1, -0.05) is 60.7 Å². The molecule has 0 nitrogen and oxygen atoms in total. The maximum absolute atomic E-state index is 2.43. The van der Waals surface area contributed by atoms with Crippen molar-refractivity contribution >= 4 is 7.85 Å². The van der Waals surface area contributed by atoms with Crippen LogP contribution in [0.3, 0.4) is 0 Å². The van der Waals surface area contributed by atoms with E-state index in [1.807, 2.05) is 0 Å². The molecule has 0 rings (SSSR count). The highest BCUT2D eigenvalue weighted by atomic mass is 14.3. The van der Waals surface area contributed by atoms with Crippen molar-refractivity contribution in [1.82, 2.24) is 0 Å². The van der Waals surface area contributed by atoms with Crippen LogP contribution in [0.5, 0.6) is 0 Å². The summed E-state index contributed by atoms with van der Waals surface area (Å²) in [5, 5.41) is 0. The molecular weight excluding hydrogens is 179 g/mol. The Kier molecular flexibility index (Phi) is 5.43. The predicted molar refractivity (Wildman–Crippen MR) is 74.2 cm³/mol. The highest BCUT2D eigenvalue weighted by Crippen LogP contribution is 2.41. The first-order valence-corrected chi connectivity index (χ1v) is 6.54. The number of hydrogen-bond acceptors (Lipinski definition) is 0. The van der Waals surface area contributed by atoms with Gasteiger partial charge >= 0.3 is 0 Å². The van der Waals surface area contributed by atoms with Gasteiger partial charge in [0.25, 0.3) is 0 Å². The molecule has 0 N–H and O–H groups in total. The van der Waals surface area contributed by atoms with E-state index in [-0.39, 0.29) is 0 Å². The molecule has 0 aromatic heterocycles. The molecule has 15 heavy (non-hydrogen) atoms. The topological polar surface area (TPSA) is 0 Å². The van der Waals surface area contributed by atoms with E-state index in [2.05, 4.69) is 56.3 Å². The lowest BCUT2D eigenvalue weighted by molar-refractivity contribution is 0.155. The molecule has 0 saturated heterocycles. The summed E-state index contributed by atoms with van der Waals surface area (Å²) in [7, 11) is 2.33. The van der Waals surface area contributed by atoms with E-state index in [0.29, 0.717) is 10.8 Å². The molecule has 1 heteroatoms. The molecule has 0 aliphatic heterocycles. The summed E-state index contributed by atoms with van der Waals surface area (Å²) < 4.78 is 0. The Balaban J connectivity index is 4.29. The summed E-state index contributed by atoms with van der Waals surface area (Å²) in [5.41, 5.74) is 0.985. The van der Waals surface area contributed by atoms with Crippen molar-refractivity contribution in [2.45, 2.75) is 73.5 Å². The molecule has 90 valence electrons. The Bertz CT molecular complexity index is 158. The molecule has 0 aliphatic rings.